The van der Waals surface area contributed by atoms with Crippen LogP contribution < -0.4 is 5.32 Å². The lowest BCUT2D eigenvalue weighted by Crippen LogP contribution is -2.38. The van der Waals surface area contributed by atoms with Gasteiger partial charge in [0.05, 0.1) is 5.56 Å². The van der Waals surface area contributed by atoms with Crippen LogP contribution in [-0.2, 0) is 9.05 Å². The summed E-state index contributed by atoms with van der Waals surface area (Å²) >= 11 is 1.01. The number of rotatable bonds is 5. The molecule has 1 aromatic heterocycles. The van der Waals surface area contributed by atoms with Crippen LogP contribution in [0.4, 0.5) is 0 Å². The summed E-state index contributed by atoms with van der Waals surface area (Å²) in [6.07, 6.45) is 4.74. The summed E-state index contributed by atoms with van der Waals surface area (Å²) in [7, 11) is 1.59. The zero-order valence-electron chi connectivity index (χ0n) is 11.1. The average molecular weight is 334 g/mol. The molecule has 2 saturated carbocycles. The number of amides is 1. The molecule has 7 heteroatoms. The van der Waals surface area contributed by atoms with E-state index < -0.39 is 9.05 Å². The molecule has 3 rings (SSSR count). The van der Waals surface area contributed by atoms with Crippen LogP contribution in [0.1, 0.15) is 41.6 Å². The van der Waals surface area contributed by atoms with Gasteiger partial charge in [0.15, 0.2) is 0 Å². The first-order valence-electron chi connectivity index (χ1n) is 6.71. The summed E-state index contributed by atoms with van der Waals surface area (Å²) in [5.41, 5.74) is 0.883. The SMILES string of the molecule is Cc1c(C(=O)NC(C2CC2)C2CC2)csc1S(=O)(=O)Cl. The lowest BCUT2D eigenvalue weighted by molar-refractivity contribution is 0.0926. The monoisotopic (exact) mass is 333 g/mol. The van der Waals surface area contributed by atoms with Crippen molar-refractivity contribution in [1.82, 2.24) is 5.32 Å². The summed E-state index contributed by atoms with van der Waals surface area (Å²) in [5.74, 6) is 1.05. The Bertz CT molecular complexity index is 633. The zero-order chi connectivity index (χ0) is 14.5. The molecule has 1 N–H and O–H groups in total. The van der Waals surface area contributed by atoms with E-state index in [9.17, 15) is 13.2 Å². The minimum Gasteiger partial charge on any atom is -0.349 e. The van der Waals surface area contributed by atoms with Gasteiger partial charge in [0.2, 0.25) is 0 Å². The van der Waals surface area contributed by atoms with Crippen molar-refractivity contribution in [2.75, 3.05) is 0 Å². The molecule has 0 aromatic carbocycles. The number of hydrogen-bond acceptors (Lipinski definition) is 4. The average Bonchev–Trinajstić information content (AvgIpc) is 3.22. The molecule has 0 saturated heterocycles. The van der Waals surface area contributed by atoms with Crippen LogP contribution in [-0.4, -0.2) is 20.4 Å². The van der Waals surface area contributed by atoms with E-state index in [1.807, 2.05) is 0 Å². The molecule has 2 aliphatic rings. The van der Waals surface area contributed by atoms with Crippen LogP contribution in [0.25, 0.3) is 0 Å². The summed E-state index contributed by atoms with van der Waals surface area (Å²) in [4.78, 5) is 12.3. The molecular weight excluding hydrogens is 318 g/mol. The topological polar surface area (TPSA) is 63.2 Å². The third-order valence-corrected chi connectivity index (χ3v) is 7.32. The Kier molecular flexibility index (Phi) is 3.59. The number of halogens is 1. The van der Waals surface area contributed by atoms with Gasteiger partial charge >= 0.3 is 0 Å². The molecule has 0 aliphatic heterocycles. The highest BCUT2D eigenvalue weighted by Gasteiger charge is 2.42. The summed E-state index contributed by atoms with van der Waals surface area (Å²) < 4.78 is 22.9. The Balaban J connectivity index is 1.78. The lowest BCUT2D eigenvalue weighted by atomic mass is 10.1. The Labute approximate surface area is 126 Å². The van der Waals surface area contributed by atoms with Gasteiger partial charge in [0.1, 0.15) is 4.21 Å². The highest BCUT2D eigenvalue weighted by atomic mass is 35.7. The maximum Gasteiger partial charge on any atom is 0.271 e. The fourth-order valence-electron chi connectivity index (χ4n) is 2.62. The molecule has 1 amide bonds. The number of nitrogens with one attached hydrogen (secondary N) is 1. The van der Waals surface area contributed by atoms with Gasteiger partial charge in [-0.05, 0) is 50.0 Å². The van der Waals surface area contributed by atoms with Crippen molar-refractivity contribution in [2.24, 2.45) is 11.8 Å². The van der Waals surface area contributed by atoms with E-state index in [1.165, 1.54) is 25.7 Å². The van der Waals surface area contributed by atoms with Crippen molar-refractivity contribution in [3.05, 3.63) is 16.5 Å². The van der Waals surface area contributed by atoms with Crippen LogP contribution in [0, 0.1) is 18.8 Å². The predicted molar refractivity (Wildman–Crippen MR) is 78.8 cm³/mol. The highest BCUT2D eigenvalue weighted by Crippen LogP contribution is 2.44. The van der Waals surface area contributed by atoms with Gasteiger partial charge in [-0.25, -0.2) is 8.42 Å². The maximum absolute atomic E-state index is 12.3. The molecule has 4 nitrogen and oxygen atoms in total. The summed E-state index contributed by atoms with van der Waals surface area (Å²) in [6, 6.07) is 0.262. The smallest absolute Gasteiger partial charge is 0.271 e. The van der Waals surface area contributed by atoms with Crippen LogP contribution in [0.2, 0.25) is 0 Å². The molecule has 1 aromatic rings. The van der Waals surface area contributed by atoms with Gasteiger partial charge in [-0.2, -0.15) is 0 Å². The Hall–Kier alpha value is -0.590. The van der Waals surface area contributed by atoms with Crippen LogP contribution >= 0.6 is 22.0 Å². The molecule has 0 unspecified atom stereocenters. The fourth-order valence-corrected chi connectivity index (χ4v) is 5.17. The molecule has 0 spiro atoms. The Morgan fingerprint density at radius 3 is 2.30 bits per heavy atom. The molecule has 1 heterocycles. The largest absolute Gasteiger partial charge is 0.349 e. The number of thiophene rings is 1. The first-order chi connectivity index (χ1) is 9.38. The minimum absolute atomic E-state index is 0.0683. The van der Waals surface area contributed by atoms with Crippen molar-refractivity contribution in [1.29, 1.82) is 0 Å². The van der Waals surface area contributed by atoms with E-state index in [0.717, 1.165) is 11.3 Å². The predicted octanol–water partition coefficient (Wildman–Crippen LogP) is 2.90. The van der Waals surface area contributed by atoms with Crippen molar-refractivity contribution >= 4 is 37.0 Å². The fraction of sp³-hybridized carbons (Fsp3) is 0.615. The summed E-state index contributed by atoms with van der Waals surface area (Å²) in [6.45, 7) is 1.63. The molecule has 0 bridgehead atoms. The molecular formula is C13H16ClNO3S2. The second kappa shape index (κ2) is 5.00. The molecule has 2 aliphatic carbocycles. The van der Waals surface area contributed by atoms with Gasteiger partial charge < -0.3 is 5.32 Å². The summed E-state index contributed by atoms with van der Waals surface area (Å²) in [5, 5.41) is 4.67. The van der Waals surface area contributed by atoms with E-state index >= 15 is 0 Å². The second-order valence-electron chi connectivity index (χ2n) is 5.67. The van der Waals surface area contributed by atoms with Gasteiger partial charge in [0.25, 0.3) is 15.0 Å². The van der Waals surface area contributed by atoms with Crippen molar-refractivity contribution in [3.8, 4) is 0 Å². The van der Waals surface area contributed by atoms with Gasteiger partial charge in [-0.15, -0.1) is 11.3 Å². The molecule has 0 atom stereocenters. The first kappa shape index (κ1) is 14.4. The van der Waals surface area contributed by atoms with Crippen LogP contribution in [0.3, 0.4) is 0 Å². The highest BCUT2D eigenvalue weighted by molar-refractivity contribution is 8.15. The lowest BCUT2D eigenvalue weighted by Gasteiger charge is -2.17. The number of carbonyl (C=O) groups excluding carboxylic acids is 1. The van der Waals surface area contributed by atoms with E-state index in [0.29, 0.717) is 23.0 Å². The van der Waals surface area contributed by atoms with Crippen molar-refractivity contribution in [2.45, 2.75) is 42.9 Å². The maximum atomic E-state index is 12.3. The van der Waals surface area contributed by atoms with E-state index in [2.05, 4.69) is 5.32 Å². The van der Waals surface area contributed by atoms with Gasteiger partial charge in [0, 0.05) is 22.1 Å². The molecule has 110 valence electrons. The van der Waals surface area contributed by atoms with E-state index in [-0.39, 0.29) is 16.2 Å². The van der Waals surface area contributed by atoms with Crippen LogP contribution in [0.5, 0.6) is 0 Å². The van der Waals surface area contributed by atoms with E-state index in [1.54, 1.807) is 12.3 Å². The standard InChI is InChI=1S/C13H16ClNO3S2/c1-7-10(6-19-13(7)20(14,17)18)12(16)15-11(8-2-3-8)9-4-5-9/h6,8-9,11H,2-5H2,1H3,(H,15,16). The number of hydrogen-bond donors (Lipinski definition) is 1. The molecule has 2 fully saturated rings. The Morgan fingerprint density at radius 1 is 1.35 bits per heavy atom. The normalized spacial score (nSPS) is 19.4. The first-order valence-corrected chi connectivity index (χ1v) is 9.90. The third-order valence-electron chi connectivity index (χ3n) is 4.02. The van der Waals surface area contributed by atoms with Gasteiger partial charge in [-0.3, -0.25) is 4.79 Å². The second-order valence-corrected chi connectivity index (χ2v) is 9.31. The van der Waals surface area contributed by atoms with Crippen molar-refractivity contribution in [3.63, 3.8) is 0 Å². The van der Waals surface area contributed by atoms with Crippen molar-refractivity contribution < 1.29 is 13.2 Å². The Morgan fingerprint density at radius 2 is 1.90 bits per heavy atom. The van der Waals surface area contributed by atoms with E-state index in [4.69, 9.17) is 10.7 Å². The molecule has 20 heavy (non-hydrogen) atoms. The molecule has 0 radical (unpaired) electrons. The zero-order valence-corrected chi connectivity index (χ0v) is 13.4. The third kappa shape index (κ3) is 2.87. The minimum atomic E-state index is -3.77. The van der Waals surface area contributed by atoms with Gasteiger partial charge in [-0.1, -0.05) is 0 Å². The van der Waals surface area contributed by atoms with Crippen LogP contribution in [0.15, 0.2) is 9.59 Å². The number of carbonyl (C=O) groups is 1. The quantitative estimate of drug-likeness (QED) is 0.843.